The zero-order chi connectivity index (χ0) is 19.4. The van der Waals surface area contributed by atoms with Crippen LogP contribution in [0.25, 0.3) is 0 Å². The Hall–Kier alpha value is -2.37. The van der Waals surface area contributed by atoms with Crippen molar-refractivity contribution in [1.29, 1.82) is 0 Å². The average Bonchev–Trinajstić information content (AvgIpc) is 3.04. The van der Waals surface area contributed by atoms with E-state index in [1.807, 2.05) is 11.0 Å². The molecule has 2 aliphatic heterocycles. The molecule has 6 nitrogen and oxygen atoms in total. The fourth-order valence-electron chi connectivity index (χ4n) is 4.30. The molecular formula is C21H29N3O3. The first-order chi connectivity index (χ1) is 12.9. The van der Waals surface area contributed by atoms with Gasteiger partial charge in [-0.2, -0.15) is 0 Å². The third-order valence-electron chi connectivity index (χ3n) is 5.70. The van der Waals surface area contributed by atoms with E-state index >= 15 is 0 Å². The summed E-state index contributed by atoms with van der Waals surface area (Å²) in [7, 11) is 0. The van der Waals surface area contributed by atoms with E-state index in [1.165, 1.54) is 12.5 Å². The fourth-order valence-corrected chi connectivity index (χ4v) is 4.30. The molecule has 1 aromatic rings. The molecular weight excluding hydrogens is 342 g/mol. The molecule has 0 bridgehead atoms. The van der Waals surface area contributed by atoms with Crippen molar-refractivity contribution < 1.29 is 14.4 Å². The highest BCUT2D eigenvalue weighted by molar-refractivity contribution is 5.86. The van der Waals surface area contributed by atoms with E-state index in [9.17, 15) is 14.4 Å². The largest absolute Gasteiger partial charge is 0.356 e. The second-order valence-corrected chi connectivity index (χ2v) is 7.90. The minimum absolute atomic E-state index is 0.0178. The molecule has 1 aromatic carbocycles. The third-order valence-corrected chi connectivity index (χ3v) is 5.70. The van der Waals surface area contributed by atoms with Crippen LogP contribution in [0.5, 0.6) is 0 Å². The number of carbonyl (C=O) groups excluding carboxylic acids is 3. The van der Waals surface area contributed by atoms with E-state index in [0.29, 0.717) is 26.2 Å². The number of rotatable bonds is 5. The van der Waals surface area contributed by atoms with Crippen LogP contribution in [0.1, 0.15) is 43.7 Å². The first-order valence-corrected chi connectivity index (χ1v) is 9.77. The van der Waals surface area contributed by atoms with Crippen molar-refractivity contribution in [2.75, 3.05) is 26.2 Å². The Kier molecular flexibility index (Phi) is 5.82. The first kappa shape index (κ1) is 19.4. The standard InChI is InChI=1S/C21H29N3O3/c1-16-5-3-6-18(13-16)14-23-11-4-8-21(20(23)27)9-12-24(15-21)19(26)7-10-22-17(2)25/h3,5-6,13H,4,7-12,14-15H2,1-2H3,(H,22,25). The molecule has 2 heterocycles. The molecule has 2 fully saturated rings. The maximum Gasteiger partial charge on any atom is 0.230 e. The van der Waals surface area contributed by atoms with E-state index in [4.69, 9.17) is 0 Å². The Morgan fingerprint density at radius 3 is 2.78 bits per heavy atom. The first-order valence-electron chi connectivity index (χ1n) is 9.77. The number of carbonyl (C=O) groups is 3. The zero-order valence-corrected chi connectivity index (χ0v) is 16.3. The van der Waals surface area contributed by atoms with Gasteiger partial charge in [-0.05, 0) is 31.7 Å². The Morgan fingerprint density at radius 2 is 2.04 bits per heavy atom. The van der Waals surface area contributed by atoms with Crippen LogP contribution in [0.4, 0.5) is 0 Å². The summed E-state index contributed by atoms with van der Waals surface area (Å²) in [6, 6.07) is 8.28. The number of nitrogens with zero attached hydrogens (tertiary/aromatic N) is 2. The second-order valence-electron chi connectivity index (χ2n) is 7.90. The van der Waals surface area contributed by atoms with E-state index in [0.717, 1.165) is 31.4 Å². The average molecular weight is 371 g/mol. The number of likely N-dealkylation sites (tertiary alicyclic amines) is 2. The second kappa shape index (κ2) is 8.11. The predicted molar refractivity (Wildman–Crippen MR) is 103 cm³/mol. The van der Waals surface area contributed by atoms with Crippen molar-refractivity contribution in [3.63, 3.8) is 0 Å². The van der Waals surface area contributed by atoms with Gasteiger partial charge in [0.25, 0.3) is 0 Å². The molecule has 0 aliphatic carbocycles. The van der Waals surface area contributed by atoms with Crippen molar-refractivity contribution in [2.45, 2.75) is 46.1 Å². The molecule has 2 saturated heterocycles. The lowest BCUT2D eigenvalue weighted by atomic mass is 9.78. The van der Waals surface area contributed by atoms with Gasteiger partial charge in [-0.25, -0.2) is 0 Å². The molecule has 146 valence electrons. The molecule has 3 rings (SSSR count). The number of benzene rings is 1. The fraction of sp³-hybridized carbons (Fsp3) is 0.571. The maximum absolute atomic E-state index is 13.2. The van der Waals surface area contributed by atoms with Crippen LogP contribution in [0.3, 0.4) is 0 Å². The Labute approximate surface area is 160 Å². The molecule has 3 amide bonds. The number of aryl methyl sites for hydroxylation is 1. The minimum atomic E-state index is -0.425. The van der Waals surface area contributed by atoms with Gasteiger partial charge in [0.1, 0.15) is 0 Å². The van der Waals surface area contributed by atoms with Gasteiger partial charge in [0.05, 0.1) is 5.41 Å². The molecule has 1 atom stereocenters. The lowest BCUT2D eigenvalue weighted by Crippen LogP contribution is -2.50. The van der Waals surface area contributed by atoms with Crippen molar-refractivity contribution in [1.82, 2.24) is 15.1 Å². The van der Waals surface area contributed by atoms with E-state index < -0.39 is 5.41 Å². The third kappa shape index (κ3) is 4.49. The van der Waals surface area contributed by atoms with Gasteiger partial charge in [-0.15, -0.1) is 0 Å². The topological polar surface area (TPSA) is 69.7 Å². The number of nitrogens with one attached hydrogen (secondary N) is 1. The van der Waals surface area contributed by atoms with E-state index in [2.05, 4.69) is 30.4 Å². The Bertz CT molecular complexity index is 733. The monoisotopic (exact) mass is 371 g/mol. The molecule has 0 radical (unpaired) electrons. The van der Waals surface area contributed by atoms with Crippen LogP contribution >= 0.6 is 0 Å². The van der Waals surface area contributed by atoms with E-state index in [-0.39, 0.29) is 24.1 Å². The smallest absolute Gasteiger partial charge is 0.230 e. The predicted octanol–water partition coefficient (Wildman–Crippen LogP) is 1.86. The van der Waals surface area contributed by atoms with Gasteiger partial charge in [0.15, 0.2) is 0 Å². The van der Waals surface area contributed by atoms with Crippen LogP contribution in [0.15, 0.2) is 24.3 Å². The zero-order valence-electron chi connectivity index (χ0n) is 16.3. The van der Waals surface area contributed by atoms with Crippen molar-refractivity contribution in [3.05, 3.63) is 35.4 Å². The Morgan fingerprint density at radius 1 is 1.22 bits per heavy atom. The van der Waals surface area contributed by atoms with Crippen LogP contribution in [-0.2, 0) is 20.9 Å². The summed E-state index contributed by atoms with van der Waals surface area (Å²) < 4.78 is 0. The van der Waals surface area contributed by atoms with Gasteiger partial charge in [-0.1, -0.05) is 29.8 Å². The molecule has 0 aromatic heterocycles. The SMILES string of the molecule is CC(=O)NCCC(=O)N1CCC2(CCCN(Cc3cccc(C)c3)C2=O)C1. The summed E-state index contributed by atoms with van der Waals surface area (Å²) >= 11 is 0. The van der Waals surface area contributed by atoms with Crippen LogP contribution < -0.4 is 5.32 Å². The number of amides is 3. The summed E-state index contributed by atoms with van der Waals surface area (Å²) in [4.78, 5) is 40.4. The summed E-state index contributed by atoms with van der Waals surface area (Å²) in [5.74, 6) is 0.0755. The van der Waals surface area contributed by atoms with Gasteiger partial charge >= 0.3 is 0 Å². The molecule has 0 saturated carbocycles. The molecule has 2 aliphatic rings. The van der Waals surface area contributed by atoms with Gasteiger partial charge in [0, 0.05) is 46.1 Å². The molecule has 1 spiro atoms. The summed E-state index contributed by atoms with van der Waals surface area (Å²) in [6.45, 7) is 6.41. The summed E-state index contributed by atoms with van der Waals surface area (Å²) in [5, 5.41) is 2.66. The van der Waals surface area contributed by atoms with E-state index in [1.54, 1.807) is 4.90 Å². The normalized spacial score (nSPS) is 22.4. The van der Waals surface area contributed by atoms with Gasteiger partial charge in [0.2, 0.25) is 17.7 Å². The number of hydrogen-bond acceptors (Lipinski definition) is 3. The highest BCUT2D eigenvalue weighted by Crippen LogP contribution is 2.40. The lowest BCUT2D eigenvalue weighted by Gasteiger charge is -2.39. The molecule has 1 N–H and O–H groups in total. The number of hydrogen-bond donors (Lipinski definition) is 1. The van der Waals surface area contributed by atoms with Crippen molar-refractivity contribution >= 4 is 17.7 Å². The number of piperidine rings is 1. The maximum atomic E-state index is 13.2. The highest BCUT2D eigenvalue weighted by atomic mass is 16.2. The quantitative estimate of drug-likeness (QED) is 0.859. The minimum Gasteiger partial charge on any atom is -0.356 e. The molecule has 27 heavy (non-hydrogen) atoms. The Balaban J connectivity index is 1.61. The van der Waals surface area contributed by atoms with Crippen LogP contribution in [0.2, 0.25) is 0 Å². The van der Waals surface area contributed by atoms with Gasteiger partial charge in [-0.3, -0.25) is 14.4 Å². The molecule has 1 unspecified atom stereocenters. The van der Waals surface area contributed by atoms with Crippen LogP contribution in [-0.4, -0.2) is 53.7 Å². The highest BCUT2D eigenvalue weighted by Gasteiger charge is 2.49. The van der Waals surface area contributed by atoms with Crippen molar-refractivity contribution in [2.24, 2.45) is 5.41 Å². The summed E-state index contributed by atoms with van der Waals surface area (Å²) in [6.07, 6.45) is 2.86. The molecule has 6 heteroatoms. The van der Waals surface area contributed by atoms with Gasteiger partial charge < -0.3 is 15.1 Å². The summed E-state index contributed by atoms with van der Waals surface area (Å²) in [5.41, 5.74) is 1.93. The van der Waals surface area contributed by atoms with Crippen LogP contribution in [0, 0.1) is 12.3 Å². The van der Waals surface area contributed by atoms with Crippen molar-refractivity contribution in [3.8, 4) is 0 Å². The lowest BCUT2D eigenvalue weighted by molar-refractivity contribution is -0.146.